The molecule has 1 nitrogen and oxygen atoms in total. The van der Waals surface area contributed by atoms with E-state index in [0.29, 0.717) is 0 Å². The van der Waals surface area contributed by atoms with E-state index < -0.39 is 5.92 Å². The van der Waals surface area contributed by atoms with Gasteiger partial charge in [-0.05, 0) is 18.5 Å². The second-order valence-electron chi connectivity index (χ2n) is 3.98. The summed E-state index contributed by atoms with van der Waals surface area (Å²) in [6.07, 6.45) is 0. The molecule has 0 amide bonds. The lowest BCUT2D eigenvalue weighted by atomic mass is 9.93. The fourth-order valence-corrected chi connectivity index (χ4v) is 1.65. The normalized spacial score (nSPS) is 12.1. The van der Waals surface area contributed by atoms with Crippen LogP contribution >= 0.6 is 0 Å². The van der Waals surface area contributed by atoms with Crippen LogP contribution in [0.1, 0.15) is 30.9 Å². The second kappa shape index (κ2) is 4.71. The van der Waals surface area contributed by atoms with Gasteiger partial charge in [-0.2, -0.15) is 8.78 Å². The molecule has 0 bridgehead atoms. The van der Waals surface area contributed by atoms with Gasteiger partial charge in [0.1, 0.15) is 0 Å². The third-order valence-corrected chi connectivity index (χ3v) is 2.38. The van der Waals surface area contributed by atoms with Crippen LogP contribution in [-0.2, 0) is 5.92 Å². The van der Waals surface area contributed by atoms with Gasteiger partial charge in [-0.25, -0.2) is 0 Å². The summed E-state index contributed by atoms with van der Waals surface area (Å²) >= 11 is 0. The SMILES string of the molecule is CNCC(F)(F)c1ccccc1C(C)C. The summed E-state index contributed by atoms with van der Waals surface area (Å²) in [5.74, 6) is -2.68. The number of benzene rings is 1. The molecule has 1 aromatic rings. The lowest BCUT2D eigenvalue weighted by Gasteiger charge is -2.21. The number of rotatable bonds is 4. The van der Waals surface area contributed by atoms with E-state index in [1.165, 1.54) is 13.1 Å². The minimum Gasteiger partial charge on any atom is -0.314 e. The largest absolute Gasteiger partial charge is 0.314 e. The highest BCUT2D eigenvalue weighted by Crippen LogP contribution is 2.33. The van der Waals surface area contributed by atoms with E-state index in [1.807, 2.05) is 13.8 Å². The zero-order chi connectivity index (χ0) is 11.5. The Kier molecular flexibility index (Phi) is 3.80. The topological polar surface area (TPSA) is 12.0 Å². The third-order valence-electron chi connectivity index (χ3n) is 2.38. The molecular weight excluding hydrogens is 196 g/mol. The second-order valence-corrected chi connectivity index (χ2v) is 3.98. The molecule has 0 radical (unpaired) electrons. The molecule has 0 atom stereocenters. The Morgan fingerprint density at radius 3 is 2.40 bits per heavy atom. The van der Waals surface area contributed by atoms with Crippen LogP contribution in [0.2, 0.25) is 0 Å². The first-order valence-corrected chi connectivity index (χ1v) is 5.11. The Morgan fingerprint density at radius 2 is 1.87 bits per heavy atom. The van der Waals surface area contributed by atoms with Crippen LogP contribution in [0.5, 0.6) is 0 Å². The van der Waals surface area contributed by atoms with Gasteiger partial charge < -0.3 is 5.32 Å². The molecule has 1 aromatic carbocycles. The molecule has 0 aliphatic carbocycles. The maximum absolute atomic E-state index is 13.7. The van der Waals surface area contributed by atoms with Gasteiger partial charge in [0.05, 0.1) is 6.54 Å². The lowest BCUT2D eigenvalue weighted by Crippen LogP contribution is -2.29. The molecule has 0 fully saturated rings. The first-order chi connectivity index (χ1) is 6.99. The minimum absolute atomic E-state index is 0.115. The fourth-order valence-electron chi connectivity index (χ4n) is 1.65. The fraction of sp³-hybridized carbons (Fsp3) is 0.500. The molecule has 0 aliphatic rings. The van der Waals surface area contributed by atoms with Crippen molar-refractivity contribution in [1.82, 2.24) is 5.32 Å². The summed E-state index contributed by atoms with van der Waals surface area (Å²) in [6.45, 7) is 3.53. The zero-order valence-electron chi connectivity index (χ0n) is 9.35. The van der Waals surface area contributed by atoms with Crippen LogP contribution in [0.25, 0.3) is 0 Å². The maximum atomic E-state index is 13.7. The van der Waals surface area contributed by atoms with Crippen molar-refractivity contribution in [3.8, 4) is 0 Å². The molecule has 84 valence electrons. The Bertz CT molecular complexity index is 321. The number of nitrogens with one attached hydrogen (secondary N) is 1. The van der Waals surface area contributed by atoms with E-state index in [4.69, 9.17) is 0 Å². The summed E-state index contributed by atoms with van der Waals surface area (Å²) in [4.78, 5) is 0. The highest BCUT2D eigenvalue weighted by molar-refractivity contribution is 5.33. The van der Waals surface area contributed by atoms with Crippen molar-refractivity contribution in [3.63, 3.8) is 0 Å². The average molecular weight is 213 g/mol. The summed E-state index contributed by atoms with van der Waals surface area (Å²) in [7, 11) is 1.53. The molecule has 1 rings (SSSR count). The first kappa shape index (κ1) is 12.1. The van der Waals surface area contributed by atoms with E-state index in [2.05, 4.69) is 5.32 Å². The Hall–Kier alpha value is -0.960. The molecule has 1 N–H and O–H groups in total. The quantitative estimate of drug-likeness (QED) is 0.810. The molecule has 0 spiro atoms. The molecule has 3 heteroatoms. The lowest BCUT2D eigenvalue weighted by molar-refractivity contribution is -0.00234. The van der Waals surface area contributed by atoms with Gasteiger partial charge in [0.2, 0.25) is 0 Å². The van der Waals surface area contributed by atoms with Crippen LogP contribution < -0.4 is 5.32 Å². The minimum atomic E-state index is -2.80. The molecule has 15 heavy (non-hydrogen) atoms. The summed E-state index contributed by atoms with van der Waals surface area (Å²) in [5, 5.41) is 2.52. The third kappa shape index (κ3) is 2.75. The van der Waals surface area contributed by atoms with E-state index in [1.54, 1.807) is 18.2 Å². The Morgan fingerprint density at radius 1 is 1.27 bits per heavy atom. The van der Waals surface area contributed by atoms with Crippen molar-refractivity contribution in [2.24, 2.45) is 0 Å². The van der Waals surface area contributed by atoms with Gasteiger partial charge in [-0.15, -0.1) is 0 Å². The van der Waals surface area contributed by atoms with Gasteiger partial charge in [-0.3, -0.25) is 0 Å². The van der Waals surface area contributed by atoms with Crippen molar-refractivity contribution >= 4 is 0 Å². The van der Waals surface area contributed by atoms with E-state index in [0.717, 1.165) is 5.56 Å². The van der Waals surface area contributed by atoms with Crippen LogP contribution in [0, 0.1) is 0 Å². The summed E-state index contributed by atoms with van der Waals surface area (Å²) < 4.78 is 27.4. The van der Waals surface area contributed by atoms with Crippen molar-refractivity contribution in [1.29, 1.82) is 0 Å². The molecular formula is C12H17F2N. The number of alkyl halides is 2. The van der Waals surface area contributed by atoms with Crippen LogP contribution in [-0.4, -0.2) is 13.6 Å². The first-order valence-electron chi connectivity index (χ1n) is 5.11. The Labute approximate surface area is 89.5 Å². The van der Waals surface area contributed by atoms with Gasteiger partial charge in [0.25, 0.3) is 5.92 Å². The number of halogens is 2. The molecule has 0 aliphatic heterocycles. The average Bonchev–Trinajstić information content (AvgIpc) is 2.17. The van der Waals surface area contributed by atoms with Gasteiger partial charge >= 0.3 is 0 Å². The number of hydrogen-bond donors (Lipinski definition) is 1. The van der Waals surface area contributed by atoms with Crippen LogP contribution in [0.3, 0.4) is 0 Å². The van der Waals surface area contributed by atoms with Crippen molar-refractivity contribution < 1.29 is 8.78 Å². The molecule has 0 saturated carbocycles. The molecule has 0 saturated heterocycles. The van der Waals surface area contributed by atoms with Crippen LogP contribution in [0.4, 0.5) is 8.78 Å². The van der Waals surface area contributed by atoms with Crippen LogP contribution in [0.15, 0.2) is 24.3 Å². The van der Waals surface area contributed by atoms with Gasteiger partial charge in [-0.1, -0.05) is 38.1 Å². The predicted molar refractivity (Wildman–Crippen MR) is 58.4 cm³/mol. The summed E-state index contributed by atoms with van der Waals surface area (Å²) in [5.41, 5.74) is 0.854. The van der Waals surface area contributed by atoms with Crippen molar-refractivity contribution in [2.45, 2.75) is 25.7 Å². The van der Waals surface area contributed by atoms with Crippen molar-refractivity contribution in [3.05, 3.63) is 35.4 Å². The number of hydrogen-bond acceptors (Lipinski definition) is 1. The maximum Gasteiger partial charge on any atom is 0.285 e. The van der Waals surface area contributed by atoms with E-state index >= 15 is 0 Å². The Balaban J connectivity index is 3.12. The monoisotopic (exact) mass is 213 g/mol. The number of likely N-dealkylation sites (N-methyl/N-ethyl adjacent to an activating group) is 1. The highest BCUT2D eigenvalue weighted by Gasteiger charge is 2.33. The predicted octanol–water partition coefficient (Wildman–Crippen LogP) is 3.12. The van der Waals surface area contributed by atoms with Gasteiger partial charge in [0, 0.05) is 5.56 Å². The molecule has 0 heterocycles. The standard InChI is InChI=1S/C12H17F2N/c1-9(2)10-6-4-5-7-11(10)12(13,14)8-15-3/h4-7,9,15H,8H2,1-3H3. The summed E-state index contributed by atoms with van der Waals surface area (Å²) in [6, 6.07) is 6.73. The smallest absolute Gasteiger partial charge is 0.285 e. The molecule has 0 unspecified atom stereocenters. The molecule has 0 aromatic heterocycles. The zero-order valence-corrected chi connectivity index (χ0v) is 9.35. The van der Waals surface area contributed by atoms with E-state index in [-0.39, 0.29) is 18.0 Å². The highest BCUT2D eigenvalue weighted by atomic mass is 19.3. The van der Waals surface area contributed by atoms with Gasteiger partial charge in [0.15, 0.2) is 0 Å². The van der Waals surface area contributed by atoms with Crippen molar-refractivity contribution in [2.75, 3.05) is 13.6 Å². The van der Waals surface area contributed by atoms with E-state index in [9.17, 15) is 8.78 Å².